The number of nitrogens with zero attached hydrogens (tertiary/aromatic N) is 3. The second kappa shape index (κ2) is 17.1. The summed E-state index contributed by atoms with van der Waals surface area (Å²) in [5.74, 6) is 0.530. The molecule has 3 amide bonds. The van der Waals surface area contributed by atoms with Crippen LogP contribution in [0.4, 0.5) is 11.5 Å². The number of aryl methyl sites for hydroxylation is 1. The molecule has 232 valence electrons. The van der Waals surface area contributed by atoms with Gasteiger partial charge in [0.1, 0.15) is 23.8 Å². The van der Waals surface area contributed by atoms with Gasteiger partial charge in [0, 0.05) is 37.1 Å². The van der Waals surface area contributed by atoms with E-state index in [2.05, 4.69) is 37.1 Å². The molecule has 1 saturated carbocycles. The summed E-state index contributed by atoms with van der Waals surface area (Å²) in [6.45, 7) is 4.17. The first-order chi connectivity index (χ1) is 20.8. The zero-order valence-electron chi connectivity index (χ0n) is 24.3. The van der Waals surface area contributed by atoms with Crippen molar-refractivity contribution in [2.24, 2.45) is 11.7 Å². The number of nitrogens with one attached hydrogen (secondary N) is 4. The third kappa shape index (κ3) is 10.6. The minimum absolute atomic E-state index is 0.0645. The van der Waals surface area contributed by atoms with Gasteiger partial charge in [-0.3, -0.25) is 19.1 Å². The number of hydrogen-bond donors (Lipinski definition) is 5. The number of benzene rings is 1. The number of hydrogen-bond acceptors (Lipinski definition) is 9. The number of carbonyl (C=O) groups excluding carboxylic acids is 4. The standard InChI is InChI=1S/C23H27ClN6O2.C5H9NO2.CH3NO/c1-14-18-12-16(25-2)8-9-19(18)30(29-14)13-23(32)26-17-7-6-15(10-17)11-22(31)28-21-5-3-4-20(24)27-21;7-3-5-4-8-2-1-6-5;2-1-3/h3-5,8-9,12,15,17,25H,6-7,10-11,13H2,1-2H3,(H,26,32)(H,27,28,31);3,5-6H,1-2,4H2;1H,(H2,2,3). The van der Waals surface area contributed by atoms with Crippen LogP contribution in [0.3, 0.4) is 0 Å². The molecule has 0 radical (unpaired) electrons. The lowest BCUT2D eigenvalue weighted by atomic mass is 10.0. The normalized spacial score (nSPS) is 19.2. The molecule has 1 aliphatic heterocycles. The van der Waals surface area contributed by atoms with E-state index in [4.69, 9.17) is 21.1 Å². The number of amides is 3. The van der Waals surface area contributed by atoms with Gasteiger partial charge in [0.15, 0.2) is 0 Å². The van der Waals surface area contributed by atoms with Gasteiger partial charge < -0.3 is 36.5 Å². The van der Waals surface area contributed by atoms with Gasteiger partial charge in [-0.25, -0.2) is 4.98 Å². The van der Waals surface area contributed by atoms with Gasteiger partial charge in [-0.2, -0.15) is 5.10 Å². The number of aromatic nitrogens is 3. The first-order valence-electron chi connectivity index (χ1n) is 14.0. The number of fused-ring (bicyclic) bond motifs is 1. The summed E-state index contributed by atoms with van der Waals surface area (Å²) < 4.78 is 6.73. The predicted octanol–water partition coefficient (Wildman–Crippen LogP) is 2.02. The van der Waals surface area contributed by atoms with E-state index in [0.717, 1.165) is 61.0 Å². The number of halogens is 1. The highest BCUT2D eigenvalue weighted by Crippen LogP contribution is 2.29. The van der Waals surface area contributed by atoms with E-state index < -0.39 is 0 Å². The molecule has 0 spiro atoms. The molecule has 1 aliphatic carbocycles. The molecule has 3 heterocycles. The summed E-state index contributed by atoms with van der Waals surface area (Å²) in [5.41, 5.74) is 7.01. The Hall–Kier alpha value is -4.07. The van der Waals surface area contributed by atoms with Crippen molar-refractivity contribution in [3.63, 3.8) is 0 Å². The molecule has 2 aromatic heterocycles. The summed E-state index contributed by atoms with van der Waals surface area (Å²) in [4.78, 5) is 47.7. The van der Waals surface area contributed by atoms with Crippen molar-refractivity contribution in [2.75, 3.05) is 37.4 Å². The zero-order valence-corrected chi connectivity index (χ0v) is 25.1. The van der Waals surface area contributed by atoms with Gasteiger partial charge in [0.25, 0.3) is 0 Å². The topological polar surface area (TPSA) is 182 Å². The maximum Gasteiger partial charge on any atom is 0.241 e. The Kier molecular flexibility index (Phi) is 13.3. The van der Waals surface area contributed by atoms with Crippen LogP contribution in [0.1, 0.15) is 31.4 Å². The smallest absolute Gasteiger partial charge is 0.241 e. The van der Waals surface area contributed by atoms with Crippen molar-refractivity contribution in [1.82, 2.24) is 25.4 Å². The van der Waals surface area contributed by atoms with E-state index in [9.17, 15) is 14.4 Å². The predicted molar refractivity (Wildman–Crippen MR) is 165 cm³/mol. The second-order valence-corrected chi connectivity index (χ2v) is 10.6. The van der Waals surface area contributed by atoms with E-state index in [-0.39, 0.29) is 42.8 Å². The van der Waals surface area contributed by atoms with Crippen LogP contribution in [0, 0.1) is 12.8 Å². The Balaban J connectivity index is 0.000000389. The van der Waals surface area contributed by atoms with Crippen LogP contribution >= 0.6 is 11.6 Å². The van der Waals surface area contributed by atoms with Gasteiger partial charge in [-0.1, -0.05) is 17.7 Å². The van der Waals surface area contributed by atoms with Crippen molar-refractivity contribution in [3.05, 3.63) is 47.2 Å². The lowest BCUT2D eigenvalue weighted by molar-refractivity contribution is -0.122. The fraction of sp³-hybridized carbons (Fsp3) is 0.448. The number of morpholine rings is 1. The van der Waals surface area contributed by atoms with Crippen molar-refractivity contribution in [1.29, 1.82) is 0 Å². The fourth-order valence-electron chi connectivity index (χ4n) is 5.02. The minimum Gasteiger partial charge on any atom is -0.388 e. The van der Waals surface area contributed by atoms with Gasteiger partial charge in [0.2, 0.25) is 18.2 Å². The summed E-state index contributed by atoms with van der Waals surface area (Å²) in [6.07, 6.45) is 4.07. The van der Waals surface area contributed by atoms with Crippen LogP contribution in [0.2, 0.25) is 5.15 Å². The quantitative estimate of drug-likeness (QED) is 0.187. The Morgan fingerprint density at radius 3 is 2.65 bits per heavy atom. The van der Waals surface area contributed by atoms with Crippen molar-refractivity contribution >= 4 is 58.5 Å². The molecular formula is C29H39ClN8O5. The molecule has 3 aromatic rings. The highest BCUT2D eigenvalue weighted by Gasteiger charge is 2.28. The first kappa shape index (κ1) is 33.4. The number of anilines is 2. The molecule has 3 unspecified atom stereocenters. The third-order valence-corrected chi connectivity index (χ3v) is 7.21. The summed E-state index contributed by atoms with van der Waals surface area (Å²) in [7, 11) is 1.88. The number of nitrogens with two attached hydrogens (primary N) is 1. The molecule has 5 rings (SSSR count). The van der Waals surface area contributed by atoms with Gasteiger partial charge in [-0.05, 0) is 62.4 Å². The molecule has 3 atom stereocenters. The maximum absolute atomic E-state index is 12.7. The van der Waals surface area contributed by atoms with E-state index in [1.807, 2.05) is 32.2 Å². The van der Waals surface area contributed by atoms with Crippen LogP contribution in [-0.2, 0) is 30.5 Å². The highest BCUT2D eigenvalue weighted by molar-refractivity contribution is 6.29. The summed E-state index contributed by atoms with van der Waals surface area (Å²) in [6, 6.07) is 11.1. The van der Waals surface area contributed by atoms with Gasteiger partial charge in [-0.15, -0.1) is 0 Å². The van der Waals surface area contributed by atoms with Crippen LogP contribution in [0.5, 0.6) is 0 Å². The number of aldehydes is 1. The van der Waals surface area contributed by atoms with Crippen LogP contribution in [-0.4, -0.2) is 78.2 Å². The minimum atomic E-state index is -0.0869. The average molecular weight is 615 g/mol. The number of rotatable bonds is 8. The molecule has 2 fully saturated rings. The lowest BCUT2D eigenvalue weighted by Crippen LogP contribution is -2.42. The van der Waals surface area contributed by atoms with E-state index >= 15 is 0 Å². The summed E-state index contributed by atoms with van der Waals surface area (Å²) in [5, 5.41) is 17.9. The number of pyridine rings is 1. The fourth-order valence-corrected chi connectivity index (χ4v) is 5.19. The van der Waals surface area contributed by atoms with Crippen molar-refractivity contribution in [3.8, 4) is 0 Å². The largest absolute Gasteiger partial charge is 0.388 e. The maximum atomic E-state index is 12.7. The zero-order chi connectivity index (χ0) is 31.2. The van der Waals surface area contributed by atoms with Gasteiger partial charge >= 0.3 is 0 Å². The van der Waals surface area contributed by atoms with Gasteiger partial charge in [0.05, 0.1) is 30.5 Å². The molecule has 43 heavy (non-hydrogen) atoms. The SMILES string of the molecule is CNc1ccc2c(c1)c(C)nn2CC(=O)NC1CCC(CC(=O)Nc2cccc(Cl)n2)C1.NC=O.O=CC1COCCN1. The Morgan fingerprint density at radius 2 is 2.00 bits per heavy atom. The van der Waals surface area contributed by atoms with Crippen LogP contribution in [0.15, 0.2) is 36.4 Å². The Labute approximate surface area is 255 Å². The van der Waals surface area contributed by atoms with Crippen molar-refractivity contribution < 1.29 is 23.9 Å². The number of carbonyl (C=O) groups is 4. The van der Waals surface area contributed by atoms with Crippen LogP contribution < -0.4 is 27.0 Å². The van der Waals surface area contributed by atoms with E-state index in [1.165, 1.54) is 0 Å². The van der Waals surface area contributed by atoms with Crippen molar-refractivity contribution in [2.45, 2.75) is 51.2 Å². The number of primary amides is 1. The monoisotopic (exact) mass is 614 g/mol. The molecule has 14 heteroatoms. The van der Waals surface area contributed by atoms with E-state index in [0.29, 0.717) is 24.0 Å². The molecule has 2 aliphatic rings. The van der Waals surface area contributed by atoms with Crippen LogP contribution in [0.25, 0.3) is 10.9 Å². The summed E-state index contributed by atoms with van der Waals surface area (Å²) >= 11 is 5.86. The Morgan fingerprint density at radius 1 is 1.21 bits per heavy atom. The molecule has 1 saturated heterocycles. The number of ether oxygens (including phenoxy) is 1. The second-order valence-electron chi connectivity index (χ2n) is 10.2. The molecular weight excluding hydrogens is 576 g/mol. The molecule has 13 nitrogen and oxygen atoms in total. The average Bonchev–Trinajstić information content (AvgIpc) is 3.56. The molecule has 6 N–H and O–H groups in total. The Bertz CT molecular complexity index is 1380. The van der Waals surface area contributed by atoms with E-state index in [1.54, 1.807) is 22.9 Å². The molecule has 1 aromatic carbocycles. The first-order valence-corrected chi connectivity index (χ1v) is 14.4. The molecule has 0 bridgehead atoms. The highest BCUT2D eigenvalue weighted by atomic mass is 35.5. The lowest BCUT2D eigenvalue weighted by Gasteiger charge is -2.17. The third-order valence-electron chi connectivity index (χ3n) is 6.99.